The number of likely N-dealkylation sites (N-methyl/N-ethyl adjacent to an activating group) is 1. The molecule has 0 saturated heterocycles. The number of aromatic nitrogens is 2. The standard InChI is InChI=1S/C15H20N4O/c1-15(2,11-16)18(3)14(20)12-9-17-19(10-12)13-7-5-4-6-8-13/h4-10H,11,16H2,1-3H3. The molecule has 20 heavy (non-hydrogen) atoms. The Bertz CT molecular complexity index is 589. The van der Waals surface area contributed by atoms with Gasteiger partial charge in [0.05, 0.1) is 17.4 Å². The smallest absolute Gasteiger partial charge is 0.257 e. The van der Waals surface area contributed by atoms with E-state index in [1.165, 1.54) is 0 Å². The summed E-state index contributed by atoms with van der Waals surface area (Å²) in [6.45, 7) is 4.28. The lowest BCUT2D eigenvalue weighted by Gasteiger charge is -2.34. The summed E-state index contributed by atoms with van der Waals surface area (Å²) in [6.07, 6.45) is 3.32. The van der Waals surface area contributed by atoms with Crippen LogP contribution in [0.3, 0.4) is 0 Å². The summed E-state index contributed by atoms with van der Waals surface area (Å²) in [5, 5.41) is 4.24. The molecule has 2 N–H and O–H groups in total. The quantitative estimate of drug-likeness (QED) is 0.921. The molecule has 0 bridgehead atoms. The second-order valence-electron chi connectivity index (χ2n) is 5.39. The average molecular weight is 272 g/mol. The Balaban J connectivity index is 2.23. The summed E-state index contributed by atoms with van der Waals surface area (Å²) in [4.78, 5) is 14.1. The molecule has 1 aromatic heterocycles. The zero-order valence-electron chi connectivity index (χ0n) is 12.1. The Morgan fingerprint density at radius 3 is 2.60 bits per heavy atom. The number of hydrogen-bond donors (Lipinski definition) is 1. The predicted octanol–water partition coefficient (Wildman–Crippen LogP) is 1.68. The molecule has 106 valence electrons. The summed E-state index contributed by atoms with van der Waals surface area (Å²) in [7, 11) is 1.76. The molecule has 0 aliphatic heterocycles. The monoisotopic (exact) mass is 272 g/mol. The lowest BCUT2D eigenvalue weighted by atomic mass is 10.0. The van der Waals surface area contributed by atoms with Gasteiger partial charge in [0, 0.05) is 25.3 Å². The summed E-state index contributed by atoms with van der Waals surface area (Å²) in [5.74, 6) is -0.0809. The maximum absolute atomic E-state index is 12.4. The number of amides is 1. The molecular formula is C15H20N4O. The van der Waals surface area contributed by atoms with Crippen LogP contribution in [0.2, 0.25) is 0 Å². The molecule has 0 unspecified atom stereocenters. The summed E-state index contributed by atoms with van der Waals surface area (Å²) in [6, 6.07) is 9.69. The van der Waals surface area contributed by atoms with E-state index < -0.39 is 0 Å². The Kier molecular flexibility index (Phi) is 3.90. The van der Waals surface area contributed by atoms with Crippen molar-refractivity contribution in [2.75, 3.05) is 13.6 Å². The number of nitrogens with two attached hydrogens (primary N) is 1. The van der Waals surface area contributed by atoms with Crippen LogP contribution in [-0.4, -0.2) is 39.7 Å². The predicted molar refractivity (Wildman–Crippen MR) is 78.8 cm³/mol. The molecule has 0 saturated carbocycles. The van der Waals surface area contributed by atoms with E-state index in [1.807, 2.05) is 44.2 Å². The van der Waals surface area contributed by atoms with Gasteiger partial charge in [-0.05, 0) is 26.0 Å². The average Bonchev–Trinajstić information content (AvgIpc) is 2.96. The number of hydrogen-bond acceptors (Lipinski definition) is 3. The third-order valence-corrected chi connectivity index (χ3v) is 3.56. The van der Waals surface area contributed by atoms with E-state index in [1.54, 1.807) is 29.0 Å². The minimum Gasteiger partial charge on any atom is -0.335 e. The van der Waals surface area contributed by atoms with Crippen LogP contribution in [-0.2, 0) is 0 Å². The van der Waals surface area contributed by atoms with Gasteiger partial charge in [0.25, 0.3) is 5.91 Å². The first-order chi connectivity index (χ1) is 9.45. The fourth-order valence-electron chi connectivity index (χ4n) is 1.76. The second-order valence-corrected chi connectivity index (χ2v) is 5.39. The first-order valence-electron chi connectivity index (χ1n) is 6.54. The zero-order valence-corrected chi connectivity index (χ0v) is 12.1. The molecule has 5 nitrogen and oxygen atoms in total. The molecule has 0 aliphatic rings. The number of para-hydroxylation sites is 1. The maximum Gasteiger partial charge on any atom is 0.257 e. The molecule has 2 aromatic rings. The topological polar surface area (TPSA) is 64.2 Å². The number of rotatable bonds is 4. The molecule has 0 fully saturated rings. The third kappa shape index (κ3) is 2.72. The summed E-state index contributed by atoms with van der Waals surface area (Å²) >= 11 is 0. The molecule has 2 rings (SSSR count). The van der Waals surface area contributed by atoms with Crippen LogP contribution in [0.4, 0.5) is 0 Å². The van der Waals surface area contributed by atoms with Gasteiger partial charge in [0.15, 0.2) is 0 Å². The van der Waals surface area contributed by atoms with Gasteiger partial charge in [-0.25, -0.2) is 4.68 Å². The van der Waals surface area contributed by atoms with Gasteiger partial charge >= 0.3 is 0 Å². The van der Waals surface area contributed by atoms with E-state index >= 15 is 0 Å². The van der Waals surface area contributed by atoms with Gasteiger partial charge in [-0.3, -0.25) is 4.79 Å². The minimum atomic E-state index is -0.383. The highest BCUT2D eigenvalue weighted by molar-refractivity contribution is 5.94. The SMILES string of the molecule is CN(C(=O)c1cnn(-c2ccccc2)c1)C(C)(C)CN. The zero-order chi connectivity index (χ0) is 14.8. The number of carbonyl (C=O) groups is 1. The van der Waals surface area contributed by atoms with Crippen molar-refractivity contribution in [3.05, 3.63) is 48.3 Å². The van der Waals surface area contributed by atoms with Crippen molar-refractivity contribution in [3.63, 3.8) is 0 Å². The van der Waals surface area contributed by atoms with Gasteiger partial charge in [-0.1, -0.05) is 18.2 Å². The van der Waals surface area contributed by atoms with Crippen molar-refractivity contribution in [3.8, 4) is 5.69 Å². The molecule has 0 atom stereocenters. The van der Waals surface area contributed by atoms with Gasteiger partial charge in [0.2, 0.25) is 0 Å². The van der Waals surface area contributed by atoms with E-state index in [0.29, 0.717) is 12.1 Å². The molecule has 1 amide bonds. The molecular weight excluding hydrogens is 252 g/mol. The van der Waals surface area contributed by atoms with Gasteiger partial charge in [-0.15, -0.1) is 0 Å². The van der Waals surface area contributed by atoms with Crippen molar-refractivity contribution < 1.29 is 4.79 Å². The van der Waals surface area contributed by atoms with Crippen molar-refractivity contribution >= 4 is 5.91 Å². The van der Waals surface area contributed by atoms with Crippen LogP contribution in [0.5, 0.6) is 0 Å². The second kappa shape index (κ2) is 5.46. The first kappa shape index (κ1) is 14.3. The molecule has 1 aromatic carbocycles. The van der Waals surface area contributed by atoms with E-state index in [4.69, 9.17) is 5.73 Å². The number of benzene rings is 1. The van der Waals surface area contributed by atoms with Crippen LogP contribution in [0.25, 0.3) is 5.69 Å². The highest BCUT2D eigenvalue weighted by Crippen LogP contribution is 2.15. The van der Waals surface area contributed by atoms with Crippen molar-refractivity contribution in [2.45, 2.75) is 19.4 Å². The van der Waals surface area contributed by atoms with Gasteiger partial charge in [-0.2, -0.15) is 5.10 Å². The van der Waals surface area contributed by atoms with Gasteiger partial charge < -0.3 is 10.6 Å². The van der Waals surface area contributed by atoms with Crippen LogP contribution in [0, 0.1) is 0 Å². The normalized spacial score (nSPS) is 11.4. The highest BCUT2D eigenvalue weighted by atomic mass is 16.2. The molecule has 1 heterocycles. The lowest BCUT2D eigenvalue weighted by Crippen LogP contribution is -2.49. The van der Waals surface area contributed by atoms with Crippen LogP contribution >= 0.6 is 0 Å². The Morgan fingerprint density at radius 1 is 1.35 bits per heavy atom. The Labute approximate surface area is 119 Å². The lowest BCUT2D eigenvalue weighted by molar-refractivity contribution is 0.0640. The fraction of sp³-hybridized carbons (Fsp3) is 0.333. The van der Waals surface area contributed by atoms with Crippen molar-refractivity contribution in [1.29, 1.82) is 0 Å². The minimum absolute atomic E-state index is 0.0809. The molecule has 0 radical (unpaired) electrons. The van der Waals surface area contributed by atoms with Crippen LogP contribution < -0.4 is 5.73 Å². The first-order valence-corrected chi connectivity index (χ1v) is 6.54. The maximum atomic E-state index is 12.4. The number of carbonyl (C=O) groups excluding carboxylic acids is 1. The third-order valence-electron chi connectivity index (χ3n) is 3.56. The Morgan fingerprint density at radius 2 is 2.00 bits per heavy atom. The summed E-state index contributed by atoms with van der Waals surface area (Å²) < 4.78 is 1.69. The highest BCUT2D eigenvalue weighted by Gasteiger charge is 2.27. The largest absolute Gasteiger partial charge is 0.335 e. The molecule has 0 spiro atoms. The number of nitrogens with zero attached hydrogens (tertiary/aromatic N) is 3. The summed E-state index contributed by atoms with van der Waals surface area (Å²) in [5.41, 5.74) is 6.80. The fourth-order valence-corrected chi connectivity index (χ4v) is 1.76. The van der Waals surface area contributed by atoms with Crippen molar-refractivity contribution in [1.82, 2.24) is 14.7 Å². The van der Waals surface area contributed by atoms with Gasteiger partial charge in [0.1, 0.15) is 0 Å². The molecule has 5 heteroatoms. The van der Waals surface area contributed by atoms with Crippen LogP contribution in [0.15, 0.2) is 42.7 Å². The molecule has 0 aliphatic carbocycles. The van der Waals surface area contributed by atoms with E-state index in [-0.39, 0.29) is 11.4 Å². The van der Waals surface area contributed by atoms with Crippen molar-refractivity contribution in [2.24, 2.45) is 5.73 Å². The van der Waals surface area contributed by atoms with Crippen LogP contribution in [0.1, 0.15) is 24.2 Å². The van der Waals surface area contributed by atoms with E-state index in [2.05, 4.69) is 5.10 Å². The van der Waals surface area contributed by atoms with E-state index in [0.717, 1.165) is 5.69 Å². The Hall–Kier alpha value is -2.14. The van der Waals surface area contributed by atoms with E-state index in [9.17, 15) is 4.79 Å².